The van der Waals surface area contributed by atoms with Gasteiger partial charge in [-0.25, -0.2) is 0 Å². The third-order valence-electron chi connectivity index (χ3n) is 13.8. The summed E-state index contributed by atoms with van der Waals surface area (Å²) in [5.41, 5.74) is 18.2. The van der Waals surface area contributed by atoms with E-state index in [1.165, 1.54) is 110 Å². The summed E-state index contributed by atoms with van der Waals surface area (Å²) in [6, 6.07) is 56.8. The Morgan fingerprint density at radius 3 is 1.72 bits per heavy atom. The predicted molar refractivity (Wildman–Crippen MR) is 322 cm³/mol. The number of pyridine rings is 2. The first kappa shape index (κ1) is 49.9. The summed E-state index contributed by atoms with van der Waals surface area (Å²) in [7, 11) is 0. The third kappa shape index (κ3) is 10.9. The van der Waals surface area contributed by atoms with Gasteiger partial charge in [0.25, 0.3) is 0 Å². The van der Waals surface area contributed by atoms with Crippen molar-refractivity contribution in [2.45, 2.75) is 34.1 Å². The lowest BCUT2D eigenvalue weighted by Gasteiger charge is -2.17. The van der Waals surface area contributed by atoms with Crippen LogP contribution < -0.4 is 10.4 Å². The number of aliphatic imine (C=N–C) groups is 1. The Bertz CT molecular complexity index is 3870. The van der Waals surface area contributed by atoms with Gasteiger partial charge in [-0.3, -0.25) is 15.0 Å². The van der Waals surface area contributed by atoms with Gasteiger partial charge in [0.15, 0.2) is 0 Å². The summed E-state index contributed by atoms with van der Waals surface area (Å²) in [6.07, 6.45) is 26.6. The smallest absolute Gasteiger partial charge is 0.0424 e. The van der Waals surface area contributed by atoms with E-state index in [2.05, 4.69) is 206 Å². The molecule has 11 rings (SSSR count). The number of allylic oxidation sites excluding steroid dienone is 9. The average Bonchev–Trinajstić information content (AvgIpc) is 3.46. The highest BCUT2D eigenvalue weighted by Crippen LogP contribution is 2.42. The molecule has 0 radical (unpaired) electrons. The Morgan fingerprint density at radius 2 is 1.15 bits per heavy atom. The molecule has 360 valence electrons. The molecular formula is C71H61N3. The fraction of sp³-hybridized carbons (Fsp3) is 0.0845. The summed E-state index contributed by atoms with van der Waals surface area (Å²) >= 11 is 0. The molecule has 0 saturated carbocycles. The molecule has 0 unspecified atom stereocenters. The van der Waals surface area contributed by atoms with E-state index in [-0.39, 0.29) is 0 Å². The van der Waals surface area contributed by atoms with Crippen LogP contribution in [0.3, 0.4) is 0 Å². The minimum absolute atomic E-state index is 0.883. The van der Waals surface area contributed by atoms with Crippen molar-refractivity contribution in [1.82, 2.24) is 9.97 Å². The molecule has 0 N–H and O–H groups in total. The Morgan fingerprint density at radius 1 is 0.568 bits per heavy atom. The molecule has 0 spiro atoms. The Hall–Kier alpha value is -9.05. The highest BCUT2D eigenvalue weighted by molar-refractivity contribution is 6.28. The van der Waals surface area contributed by atoms with Crippen LogP contribution in [0, 0.1) is 13.8 Å². The number of hydrogen-bond acceptors (Lipinski definition) is 3. The van der Waals surface area contributed by atoms with Crippen molar-refractivity contribution in [2.75, 3.05) is 6.54 Å². The second-order valence-electron chi connectivity index (χ2n) is 18.4. The summed E-state index contributed by atoms with van der Waals surface area (Å²) in [5, 5.41) is 10.0. The normalized spacial score (nSPS) is 12.9. The number of hydrogen-bond donors (Lipinski definition) is 0. The topological polar surface area (TPSA) is 38.1 Å². The first-order valence-corrected chi connectivity index (χ1v) is 25.3. The fourth-order valence-corrected chi connectivity index (χ4v) is 9.81. The van der Waals surface area contributed by atoms with Gasteiger partial charge in [0, 0.05) is 37.5 Å². The van der Waals surface area contributed by atoms with E-state index in [1.54, 1.807) is 12.3 Å². The molecule has 0 aliphatic carbocycles. The molecule has 1 aliphatic heterocycles. The van der Waals surface area contributed by atoms with Gasteiger partial charge in [-0.1, -0.05) is 213 Å². The van der Waals surface area contributed by atoms with Crippen LogP contribution in [-0.2, 0) is 0 Å². The van der Waals surface area contributed by atoms with E-state index >= 15 is 0 Å². The summed E-state index contributed by atoms with van der Waals surface area (Å²) in [5.74, 6) is 0. The number of aromatic nitrogens is 2. The fourth-order valence-electron chi connectivity index (χ4n) is 9.81. The van der Waals surface area contributed by atoms with Crippen LogP contribution in [0.1, 0.15) is 42.5 Å². The SMILES string of the molecule is C1=NCCC=C1c1ccc2ccc3c(-c4ccc(-c5ccc(-c6ccncc6)cc5)cc4)ccc4ccc1c2c43.C=C/C=c1/ccc(C(=C\C)/C(C=C)=C/C=C\C)c(C)c1=C.Cc1ccc(-c2cccnc2)cc1. The van der Waals surface area contributed by atoms with Crippen LogP contribution in [0.5, 0.6) is 0 Å². The van der Waals surface area contributed by atoms with Crippen LogP contribution in [0.4, 0.5) is 0 Å². The summed E-state index contributed by atoms with van der Waals surface area (Å²) in [4.78, 5) is 12.8. The van der Waals surface area contributed by atoms with Crippen molar-refractivity contribution in [1.29, 1.82) is 0 Å². The molecule has 0 atom stereocenters. The Kier molecular flexibility index (Phi) is 15.8. The molecule has 8 aromatic carbocycles. The van der Waals surface area contributed by atoms with Gasteiger partial charge in [0.2, 0.25) is 0 Å². The molecule has 10 aromatic rings. The van der Waals surface area contributed by atoms with E-state index < -0.39 is 0 Å². The van der Waals surface area contributed by atoms with Gasteiger partial charge in [0.05, 0.1) is 0 Å². The van der Waals surface area contributed by atoms with Crippen molar-refractivity contribution >= 4 is 62.3 Å². The zero-order valence-electron chi connectivity index (χ0n) is 42.9. The first-order valence-electron chi connectivity index (χ1n) is 25.3. The van der Waals surface area contributed by atoms with Gasteiger partial charge in [-0.15, -0.1) is 0 Å². The Labute approximate surface area is 436 Å². The summed E-state index contributed by atoms with van der Waals surface area (Å²) in [6.45, 7) is 21.0. The molecule has 3 heteroatoms. The van der Waals surface area contributed by atoms with Crippen LogP contribution >= 0.6 is 0 Å². The standard InChI is InChI=1S/C38H26N2.C21H24.C12H11N/c1-2-32(24-40-21-1)34-16-12-31-13-17-35-33(15-11-30-14-18-36(34)38(31)37(30)35)29-9-7-26(8-10-29)25-3-5-27(6-4-25)28-19-22-39-23-20-28;1-7-11-13-18(9-3)20(10-4)21-15-14-19(12-8-2)16(5)17(21)6;1-10-4-6-11(7-5-10)12-3-2-8-13-9-12/h2-20,22-24H,1,21H2;7-15H,2-3,5H2,1,4,6H3;2-9H,1H3/b;11-7-,18-13+,19-12-,20-10-;. The number of nitrogens with zero attached hydrogens (tertiary/aromatic N) is 3. The van der Waals surface area contributed by atoms with E-state index in [4.69, 9.17) is 0 Å². The maximum absolute atomic E-state index is 4.55. The van der Waals surface area contributed by atoms with Gasteiger partial charge in [-0.05, 0) is 173 Å². The van der Waals surface area contributed by atoms with Gasteiger partial charge in [-0.2, -0.15) is 0 Å². The van der Waals surface area contributed by atoms with E-state index in [0.29, 0.717) is 0 Å². The lowest BCUT2D eigenvalue weighted by Crippen LogP contribution is -2.26. The maximum atomic E-state index is 4.55. The molecule has 1 aliphatic rings. The second-order valence-corrected chi connectivity index (χ2v) is 18.4. The van der Waals surface area contributed by atoms with Crippen molar-refractivity contribution in [2.24, 2.45) is 4.99 Å². The lowest BCUT2D eigenvalue weighted by molar-refractivity contribution is 1.01. The highest BCUT2D eigenvalue weighted by Gasteiger charge is 2.16. The molecular weight excluding hydrogens is 895 g/mol. The Balaban J connectivity index is 0.000000165. The molecule has 0 fully saturated rings. The molecule has 3 nitrogen and oxygen atoms in total. The van der Waals surface area contributed by atoms with E-state index in [0.717, 1.165) is 29.0 Å². The quantitative estimate of drug-likeness (QED) is 0.101. The minimum atomic E-state index is 0.883. The molecule has 0 saturated heterocycles. The highest BCUT2D eigenvalue weighted by atomic mass is 14.7. The predicted octanol–water partition coefficient (Wildman–Crippen LogP) is 17.4. The number of rotatable bonds is 10. The van der Waals surface area contributed by atoms with Crippen molar-refractivity contribution < 1.29 is 0 Å². The second kappa shape index (κ2) is 23.5. The maximum Gasteiger partial charge on any atom is 0.0424 e. The molecule has 0 amide bonds. The minimum Gasteiger partial charge on any atom is -0.292 e. The molecule has 2 aromatic heterocycles. The van der Waals surface area contributed by atoms with Crippen LogP contribution in [0.25, 0.3) is 101 Å². The van der Waals surface area contributed by atoms with Crippen LogP contribution in [-0.4, -0.2) is 22.7 Å². The third-order valence-corrected chi connectivity index (χ3v) is 13.8. The number of dihydropyridines is 1. The van der Waals surface area contributed by atoms with Crippen LogP contribution in [0.15, 0.2) is 249 Å². The average molecular weight is 956 g/mol. The largest absolute Gasteiger partial charge is 0.292 e. The van der Waals surface area contributed by atoms with Gasteiger partial charge in [0.1, 0.15) is 0 Å². The molecule has 0 bridgehead atoms. The van der Waals surface area contributed by atoms with Gasteiger partial charge >= 0.3 is 0 Å². The first-order chi connectivity index (χ1) is 36.3. The zero-order chi connectivity index (χ0) is 51.4. The summed E-state index contributed by atoms with van der Waals surface area (Å²) < 4.78 is 0. The van der Waals surface area contributed by atoms with E-state index in [9.17, 15) is 0 Å². The number of benzene rings is 8. The molecule has 74 heavy (non-hydrogen) atoms. The monoisotopic (exact) mass is 955 g/mol. The van der Waals surface area contributed by atoms with Gasteiger partial charge < -0.3 is 0 Å². The lowest BCUT2D eigenvalue weighted by atomic mass is 9.87. The zero-order valence-corrected chi connectivity index (χ0v) is 42.9. The van der Waals surface area contributed by atoms with Crippen molar-refractivity contribution in [3.8, 4) is 44.5 Å². The van der Waals surface area contributed by atoms with E-state index in [1.807, 2.05) is 81.2 Å². The van der Waals surface area contributed by atoms with Crippen LogP contribution in [0.2, 0.25) is 0 Å². The van der Waals surface area contributed by atoms with Crippen molar-refractivity contribution in [3.05, 3.63) is 276 Å². The molecule has 3 heterocycles. The van der Waals surface area contributed by atoms with Crippen molar-refractivity contribution in [3.63, 3.8) is 0 Å². The number of aryl methyl sites for hydroxylation is 1.